The molecule has 1 saturated heterocycles. The number of pyridine rings is 1. The lowest BCUT2D eigenvalue weighted by atomic mass is 9.73. The summed E-state index contributed by atoms with van der Waals surface area (Å²) in [6.45, 7) is 3.98. The summed E-state index contributed by atoms with van der Waals surface area (Å²) in [5, 5.41) is 0. The third-order valence-corrected chi connectivity index (χ3v) is 5.03. The highest BCUT2D eigenvalue weighted by molar-refractivity contribution is 5.27. The van der Waals surface area contributed by atoms with Gasteiger partial charge in [0.05, 0.1) is 0 Å². The highest BCUT2D eigenvalue weighted by Crippen LogP contribution is 2.38. The minimum absolute atomic E-state index is 0.308. The maximum Gasteiger partial charge on any atom is 0.0494 e. The second-order valence-corrected chi connectivity index (χ2v) is 6.24. The molecule has 4 unspecified atom stereocenters. The Kier molecular flexibility index (Phi) is 4.34. The van der Waals surface area contributed by atoms with E-state index in [1.807, 2.05) is 12.3 Å². The first-order valence-corrected chi connectivity index (χ1v) is 7.79. The van der Waals surface area contributed by atoms with Gasteiger partial charge in [0.15, 0.2) is 0 Å². The van der Waals surface area contributed by atoms with E-state index in [1.165, 1.54) is 24.1 Å². The lowest BCUT2D eigenvalue weighted by molar-refractivity contribution is 0.00598. The fourth-order valence-corrected chi connectivity index (χ4v) is 3.96. The van der Waals surface area contributed by atoms with Crippen LogP contribution in [0.1, 0.15) is 43.4 Å². The van der Waals surface area contributed by atoms with Crippen LogP contribution in [-0.4, -0.2) is 24.2 Å². The van der Waals surface area contributed by atoms with Crippen LogP contribution in [0.2, 0.25) is 0 Å². The van der Waals surface area contributed by atoms with Crippen molar-refractivity contribution in [2.24, 2.45) is 17.7 Å². The largest absolute Gasteiger partial charge is 0.381 e. The van der Waals surface area contributed by atoms with Gasteiger partial charge in [-0.25, -0.2) is 0 Å². The van der Waals surface area contributed by atoms with Crippen LogP contribution in [0.3, 0.4) is 0 Å². The smallest absolute Gasteiger partial charge is 0.0494 e. The molecule has 0 spiro atoms. The molecular formula is C16H25N3O. The van der Waals surface area contributed by atoms with Gasteiger partial charge in [-0.1, -0.05) is 13.0 Å². The van der Waals surface area contributed by atoms with E-state index in [0.29, 0.717) is 23.8 Å². The summed E-state index contributed by atoms with van der Waals surface area (Å²) in [4.78, 5) is 4.66. The predicted octanol–water partition coefficient (Wildman–Crippen LogP) is 2.01. The first-order chi connectivity index (χ1) is 9.81. The zero-order valence-corrected chi connectivity index (χ0v) is 12.2. The molecule has 4 heteroatoms. The SMILES string of the molecule is CC1COCCC1C(NN)C1CCCc2cccnc21. The van der Waals surface area contributed by atoms with E-state index in [9.17, 15) is 0 Å². The summed E-state index contributed by atoms with van der Waals surface area (Å²) in [5.41, 5.74) is 5.79. The second-order valence-electron chi connectivity index (χ2n) is 6.24. The van der Waals surface area contributed by atoms with E-state index in [2.05, 4.69) is 23.4 Å². The number of aromatic nitrogens is 1. The summed E-state index contributed by atoms with van der Waals surface area (Å²) in [6.07, 6.45) is 6.58. The molecule has 4 nitrogen and oxygen atoms in total. The topological polar surface area (TPSA) is 60.2 Å². The fourth-order valence-electron chi connectivity index (χ4n) is 3.96. The van der Waals surface area contributed by atoms with Gasteiger partial charge in [-0.2, -0.15) is 0 Å². The third-order valence-electron chi connectivity index (χ3n) is 5.03. The average molecular weight is 275 g/mol. The Morgan fingerprint density at radius 1 is 1.45 bits per heavy atom. The maximum atomic E-state index is 5.94. The second kappa shape index (κ2) is 6.20. The molecule has 0 amide bonds. The van der Waals surface area contributed by atoms with Gasteiger partial charge < -0.3 is 4.74 Å². The third kappa shape index (κ3) is 2.60. The molecule has 0 radical (unpaired) electrons. The summed E-state index contributed by atoms with van der Waals surface area (Å²) in [7, 11) is 0. The van der Waals surface area contributed by atoms with Crippen LogP contribution in [0.5, 0.6) is 0 Å². The lowest BCUT2D eigenvalue weighted by Gasteiger charge is -2.40. The van der Waals surface area contributed by atoms with E-state index < -0.39 is 0 Å². The molecule has 1 aliphatic heterocycles. The number of fused-ring (bicyclic) bond motifs is 1. The standard InChI is InChI=1S/C16H25N3O/c1-11-10-20-9-7-13(11)16(19-17)14-6-2-4-12-5-3-8-18-15(12)14/h3,5,8,11,13-14,16,19H,2,4,6-7,9-10,17H2,1H3. The maximum absolute atomic E-state index is 5.94. The Hall–Kier alpha value is -0.970. The van der Waals surface area contributed by atoms with Gasteiger partial charge in [-0.15, -0.1) is 0 Å². The molecule has 110 valence electrons. The van der Waals surface area contributed by atoms with Crippen molar-refractivity contribution in [1.29, 1.82) is 0 Å². The molecule has 2 heterocycles. The normalized spacial score (nSPS) is 31.6. The summed E-state index contributed by atoms with van der Waals surface area (Å²) < 4.78 is 5.58. The van der Waals surface area contributed by atoms with Crippen molar-refractivity contribution in [3.63, 3.8) is 0 Å². The van der Waals surface area contributed by atoms with Crippen LogP contribution in [0.25, 0.3) is 0 Å². The minimum Gasteiger partial charge on any atom is -0.381 e. The van der Waals surface area contributed by atoms with Crippen molar-refractivity contribution in [1.82, 2.24) is 10.4 Å². The van der Waals surface area contributed by atoms with Gasteiger partial charge in [-0.3, -0.25) is 16.3 Å². The number of nitrogens with one attached hydrogen (secondary N) is 1. The van der Waals surface area contributed by atoms with Crippen LogP contribution in [0.15, 0.2) is 18.3 Å². The molecule has 3 N–H and O–H groups in total. The summed E-state index contributed by atoms with van der Waals surface area (Å²) in [5.74, 6) is 7.51. The molecule has 1 aromatic heterocycles. The van der Waals surface area contributed by atoms with Crippen LogP contribution < -0.4 is 11.3 Å². The van der Waals surface area contributed by atoms with Gasteiger partial charge in [0.1, 0.15) is 0 Å². The van der Waals surface area contributed by atoms with Crippen molar-refractivity contribution >= 4 is 0 Å². The van der Waals surface area contributed by atoms with Crippen molar-refractivity contribution < 1.29 is 4.74 Å². The number of aryl methyl sites for hydroxylation is 1. The van der Waals surface area contributed by atoms with Crippen LogP contribution >= 0.6 is 0 Å². The van der Waals surface area contributed by atoms with Crippen LogP contribution in [0, 0.1) is 11.8 Å². The minimum atomic E-state index is 0.308. The van der Waals surface area contributed by atoms with Crippen LogP contribution in [-0.2, 0) is 11.2 Å². The number of rotatable bonds is 3. The number of hydrogen-bond donors (Lipinski definition) is 2. The lowest BCUT2D eigenvalue weighted by Crippen LogP contribution is -2.50. The molecule has 0 aromatic carbocycles. The van der Waals surface area contributed by atoms with Crippen molar-refractivity contribution in [3.05, 3.63) is 29.6 Å². The molecule has 0 saturated carbocycles. The van der Waals surface area contributed by atoms with Crippen molar-refractivity contribution in [3.8, 4) is 0 Å². The monoisotopic (exact) mass is 275 g/mol. The number of hydrogen-bond acceptors (Lipinski definition) is 4. The van der Waals surface area contributed by atoms with E-state index in [0.717, 1.165) is 26.1 Å². The molecule has 1 fully saturated rings. The Morgan fingerprint density at radius 3 is 3.15 bits per heavy atom. The number of hydrazine groups is 1. The Labute approximate surface area is 121 Å². The van der Waals surface area contributed by atoms with E-state index >= 15 is 0 Å². The summed E-state index contributed by atoms with van der Waals surface area (Å²) >= 11 is 0. The number of ether oxygens (including phenoxy) is 1. The van der Waals surface area contributed by atoms with Crippen molar-refractivity contribution in [2.45, 2.75) is 44.6 Å². The predicted molar refractivity (Wildman–Crippen MR) is 79.1 cm³/mol. The highest BCUT2D eigenvalue weighted by atomic mass is 16.5. The van der Waals surface area contributed by atoms with Gasteiger partial charge in [0.25, 0.3) is 0 Å². The molecule has 2 aliphatic rings. The number of nitrogens with two attached hydrogens (primary N) is 1. The molecule has 0 bridgehead atoms. The molecular weight excluding hydrogens is 250 g/mol. The van der Waals surface area contributed by atoms with E-state index in [1.54, 1.807) is 0 Å². The Bertz CT molecular complexity index is 451. The van der Waals surface area contributed by atoms with Gasteiger partial charge in [0, 0.05) is 37.1 Å². The molecule has 1 aromatic rings. The first kappa shape index (κ1) is 14.0. The molecule has 1 aliphatic carbocycles. The van der Waals surface area contributed by atoms with Gasteiger partial charge in [0.2, 0.25) is 0 Å². The average Bonchev–Trinajstić information content (AvgIpc) is 2.50. The first-order valence-electron chi connectivity index (χ1n) is 7.79. The van der Waals surface area contributed by atoms with Crippen LogP contribution in [0.4, 0.5) is 0 Å². The quantitative estimate of drug-likeness (QED) is 0.654. The van der Waals surface area contributed by atoms with Crippen molar-refractivity contribution in [2.75, 3.05) is 13.2 Å². The van der Waals surface area contributed by atoms with Gasteiger partial charge >= 0.3 is 0 Å². The molecule has 3 rings (SSSR count). The zero-order valence-electron chi connectivity index (χ0n) is 12.2. The zero-order chi connectivity index (χ0) is 13.9. The number of nitrogens with zero attached hydrogens (tertiary/aromatic N) is 1. The van der Waals surface area contributed by atoms with E-state index in [-0.39, 0.29) is 0 Å². The molecule has 20 heavy (non-hydrogen) atoms. The summed E-state index contributed by atoms with van der Waals surface area (Å²) in [6, 6.07) is 4.57. The fraction of sp³-hybridized carbons (Fsp3) is 0.688. The van der Waals surface area contributed by atoms with Gasteiger partial charge in [-0.05, 0) is 49.1 Å². The van der Waals surface area contributed by atoms with E-state index in [4.69, 9.17) is 10.6 Å². The Balaban J connectivity index is 1.86. The highest BCUT2D eigenvalue weighted by Gasteiger charge is 2.37. The molecule has 4 atom stereocenters. The Morgan fingerprint density at radius 2 is 2.35 bits per heavy atom.